The molecule has 3 amide bonds. The van der Waals surface area contributed by atoms with Crippen molar-refractivity contribution in [2.45, 2.75) is 51.6 Å². The minimum Gasteiger partial charge on any atom is -0.494 e. The summed E-state index contributed by atoms with van der Waals surface area (Å²) in [7, 11) is -1.85. The van der Waals surface area contributed by atoms with Crippen LogP contribution in [0.15, 0.2) is 48.5 Å². The van der Waals surface area contributed by atoms with Crippen LogP contribution in [0.1, 0.15) is 39.5 Å². The van der Waals surface area contributed by atoms with Gasteiger partial charge in [0.1, 0.15) is 29.1 Å². The molecule has 2 atom stereocenters. The fraction of sp³-hybridized carbons (Fsp3) is 0.423. The minimum atomic E-state index is -1.85. The van der Waals surface area contributed by atoms with Crippen LogP contribution in [0.25, 0.3) is 0 Å². The van der Waals surface area contributed by atoms with E-state index in [9.17, 15) is 23.0 Å². The minimum absolute atomic E-state index is 0.0461. The van der Waals surface area contributed by atoms with Crippen LogP contribution in [-0.2, 0) is 25.2 Å². The summed E-state index contributed by atoms with van der Waals surface area (Å²) >= 11 is 0. The number of nitrogens with zero attached hydrogens (tertiary/aromatic N) is 1. The number of halogens is 1. The van der Waals surface area contributed by atoms with Gasteiger partial charge in [-0.1, -0.05) is 18.9 Å². The lowest BCUT2D eigenvalue weighted by molar-refractivity contribution is -0.125. The lowest BCUT2D eigenvalue weighted by atomic mass is 10.1. The van der Waals surface area contributed by atoms with Gasteiger partial charge in [0, 0.05) is 28.2 Å². The van der Waals surface area contributed by atoms with Crippen LogP contribution in [0.5, 0.6) is 5.75 Å². The molecule has 0 bridgehead atoms. The predicted octanol–water partition coefficient (Wildman–Crippen LogP) is 3.39. The van der Waals surface area contributed by atoms with E-state index in [4.69, 9.17) is 4.74 Å². The summed E-state index contributed by atoms with van der Waals surface area (Å²) in [6.07, 6.45) is 3.81. The number of carbonyl (C=O) groups is 3. The molecule has 3 rings (SSSR count). The average Bonchev–Trinajstić information content (AvgIpc) is 3.33. The molecule has 2 aromatic carbocycles. The van der Waals surface area contributed by atoms with Crippen LogP contribution >= 0.6 is 0 Å². The molecule has 36 heavy (non-hydrogen) atoms. The first kappa shape index (κ1) is 27.3. The summed E-state index contributed by atoms with van der Waals surface area (Å²) in [6.45, 7) is 3.94. The Morgan fingerprint density at radius 1 is 1.11 bits per heavy atom. The lowest BCUT2D eigenvalue weighted by Gasteiger charge is -2.29. The molecule has 0 unspecified atom stereocenters. The van der Waals surface area contributed by atoms with Crippen LogP contribution in [0, 0.1) is 5.82 Å². The van der Waals surface area contributed by atoms with Gasteiger partial charge in [0.15, 0.2) is 0 Å². The topological polar surface area (TPSA) is 105 Å². The zero-order valence-electron chi connectivity index (χ0n) is 20.5. The zero-order valence-corrected chi connectivity index (χ0v) is 21.3. The summed E-state index contributed by atoms with van der Waals surface area (Å²) < 4.78 is 32.0. The molecule has 0 saturated heterocycles. The molecule has 1 aliphatic carbocycles. The number of rotatable bonds is 11. The van der Waals surface area contributed by atoms with Crippen molar-refractivity contribution in [2.24, 2.45) is 0 Å². The van der Waals surface area contributed by atoms with E-state index in [1.54, 1.807) is 31.2 Å². The van der Waals surface area contributed by atoms with Crippen LogP contribution in [0.4, 0.5) is 15.8 Å². The monoisotopic (exact) mass is 517 g/mol. The largest absolute Gasteiger partial charge is 0.494 e. The number of hydrogen-bond acceptors (Lipinski definition) is 5. The molecule has 0 heterocycles. The fourth-order valence-corrected chi connectivity index (χ4v) is 5.00. The van der Waals surface area contributed by atoms with Gasteiger partial charge < -0.3 is 15.4 Å². The second kappa shape index (κ2) is 13.2. The molecule has 1 fully saturated rings. The van der Waals surface area contributed by atoms with Crippen LogP contribution in [0.3, 0.4) is 0 Å². The molecule has 1 aliphatic rings. The molecule has 10 heteroatoms. The van der Waals surface area contributed by atoms with E-state index in [0.717, 1.165) is 36.6 Å². The van der Waals surface area contributed by atoms with Gasteiger partial charge in [-0.05, 0) is 69.2 Å². The Morgan fingerprint density at radius 2 is 1.81 bits per heavy atom. The Bertz CT molecular complexity index is 1090. The highest BCUT2D eigenvalue weighted by Crippen LogP contribution is 2.22. The molecular formula is C26H32FN3O5S. The third-order valence-corrected chi connectivity index (χ3v) is 7.00. The number of ether oxygens (including phenoxy) is 1. The first-order valence-corrected chi connectivity index (χ1v) is 13.5. The van der Waals surface area contributed by atoms with Gasteiger partial charge >= 0.3 is 0 Å². The third-order valence-electron chi connectivity index (χ3n) is 5.85. The van der Waals surface area contributed by atoms with Crippen molar-refractivity contribution < 1.29 is 27.7 Å². The highest BCUT2D eigenvalue weighted by Gasteiger charge is 2.30. The SMILES string of the molecule is CCOc1ccc(NC(=O)C[S@](=O)CC(=O)N(c2cccc(F)c2)[C@@H](C)C(=O)NC2CCCC2)cc1. The molecule has 1 saturated carbocycles. The summed E-state index contributed by atoms with van der Waals surface area (Å²) in [6, 6.07) is 11.2. The predicted molar refractivity (Wildman–Crippen MR) is 138 cm³/mol. The number of hydrogen-bond donors (Lipinski definition) is 2. The van der Waals surface area contributed by atoms with E-state index in [1.165, 1.54) is 18.2 Å². The number of nitrogens with one attached hydrogen (secondary N) is 2. The molecule has 2 N–H and O–H groups in total. The molecule has 0 spiro atoms. The smallest absolute Gasteiger partial charge is 0.243 e. The van der Waals surface area contributed by atoms with Crippen molar-refractivity contribution in [1.82, 2.24) is 5.32 Å². The molecular weight excluding hydrogens is 485 g/mol. The van der Waals surface area contributed by atoms with Crippen molar-refractivity contribution in [1.29, 1.82) is 0 Å². The van der Waals surface area contributed by atoms with Crippen LogP contribution in [-0.4, -0.2) is 52.1 Å². The van der Waals surface area contributed by atoms with E-state index in [0.29, 0.717) is 18.0 Å². The maximum absolute atomic E-state index is 13.9. The standard InChI is InChI=1S/C26H32FN3O5S/c1-3-35-23-13-11-21(12-14-23)28-24(31)16-36(34)17-25(32)30(22-10-6-7-19(27)15-22)18(2)26(33)29-20-8-4-5-9-20/h6-7,10-15,18,20H,3-5,8-9,16-17H2,1-2H3,(H,28,31)(H,29,33)/t18-,36-/m0/s1. The zero-order chi connectivity index (χ0) is 26.1. The van der Waals surface area contributed by atoms with Gasteiger partial charge in [-0.25, -0.2) is 4.39 Å². The number of anilines is 2. The summed E-state index contributed by atoms with van der Waals surface area (Å²) in [5.74, 6) is -2.32. The van der Waals surface area contributed by atoms with E-state index in [1.807, 2.05) is 6.92 Å². The Hall–Kier alpha value is -3.27. The summed E-state index contributed by atoms with van der Waals surface area (Å²) in [4.78, 5) is 39.6. The van der Waals surface area contributed by atoms with Crippen molar-refractivity contribution in [3.8, 4) is 5.75 Å². The molecule has 194 valence electrons. The van der Waals surface area contributed by atoms with Gasteiger partial charge in [-0.2, -0.15) is 0 Å². The highest BCUT2D eigenvalue weighted by atomic mass is 32.2. The quantitative estimate of drug-likeness (QED) is 0.476. The van der Waals surface area contributed by atoms with Crippen LogP contribution < -0.4 is 20.3 Å². The maximum Gasteiger partial charge on any atom is 0.243 e. The lowest BCUT2D eigenvalue weighted by Crippen LogP contribution is -2.51. The molecule has 2 aromatic rings. The second-order valence-corrected chi connectivity index (χ2v) is 10.1. The molecule has 0 radical (unpaired) electrons. The van der Waals surface area contributed by atoms with Crippen LogP contribution in [0.2, 0.25) is 0 Å². The van der Waals surface area contributed by atoms with Crippen molar-refractivity contribution in [3.05, 3.63) is 54.3 Å². The first-order valence-electron chi connectivity index (χ1n) is 12.0. The Kier molecular flexibility index (Phi) is 9.98. The van der Waals surface area contributed by atoms with Gasteiger partial charge in [-0.15, -0.1) is 0 Å². The van der Waals surface area contributed by atoms with Gasteiger partial charge in [0.05, 0.1) is 6.61 Å². The maximum atomic E-state index is 13.9. The summed E-state index contributed by atoms with van der Waals surface area (Å²) in [5, 5.41) is 5.59. The normalized spacial score (nSPS) is 15.1. The molecule has 8 nitrogen and oxygen atoms in total. The highest BCUT2D eigenvalue weighted by molar-refractivity contribution is 7.86. The Morgan fingerprint density at radius 3 is 2.44 bits per heavy atom. The van der Waals surface area contributed by atoms with E-state index < -0.39 is 46.0 Å². The van der Waals surface area contributed by atoms with Gasteiger partial charge in [0.2, 0.25) is 17.7 Å². The van der Waals surface area contributed by atoms with Gasteiger partial charge in [0.25, 0.3) is 0 Å². The number of carbonyl (C=O) groups excluding carboxylic acids is 3. The summed E-state index contributed by atoms with van der Waals surface area (Å²) in [5.41, 5.74) is 0.690. The Balaban J connectivity index is 1.64. The van der Waals surface area contributed by atoms with E-state index >= 15 is 0 Å². The van der Waals surface area contributed by atoms with Crippen molar-refractivity contribution >= 4 is 39.9 Å². The molecule has 0 aromatic heterocycles. The first-order chi connectivity index (χ1) is 17.3. The number of amides is 3. The van der Waals surface area contributed by atoms with E-state index in [2.05, 4.69) is 10.6 Å². The van der Waals surface area contributed by atoms with Crippen molar-refractivity contribution in [3.63, 3.8) is 0 Å². The average molecular weight is 518 g/mol. The molecule has 0 aliphatic heterocycles. The van der Waals surface area contributed by atoms with Crippen molar-refractivity contribution in [2.75, 3.05) is 28.3 Å². The third kappa shape index (κ3) is 7.87. The Labute approximate surface area is 213 Å². The number of benzene rings is 2. The van der Waals surface area contributed by atoms with Gasteiger partial charge in [-0.3, -0.25) is 23.5 Å². The fourth-order valence-electron chi connectivity index (χ4n) is 4.12. The second-order valence-electron chi connectivity index (χ2n) is 8.64. The van der Waals surface area contributed by atoms with E-state index in [-0.39, 0.29) is 17.6 Å².